The van der Waals surface area contributed by atoms with Crippen LogP contribution in [0.3, 0.4) is 0 Å². The maximum Gasteiger partial charge on any atom is 0.292 e. The van der Waals surface area contributed by atoms with E-state index in [1.54, 1.807) is 29.4 Å². The highest BCUT2D eigenvalue weighted by Gasteiger charge is 2.40. The Morgan fingerprint density at radius 2 is 1.92 bits per heavy atom. The molecule has 1 saturated carbocycles. The molecule has 0 aliphatic heterocycles. The molecule has 1 N–H and O–H groups in total. The monoisotopic (exact) mass is 356 g/mol. The molecular formula is C19H24N4O3. The molecule has 0 saturated heterocycles. The summed E-state index contributed by atoms with van der Waals surface area (Å²) in [6.07, 6.45) is 8.89. The van der Waals surface area contributed by atoms with Crippen LogP contribution in [0.4, 0.5) is 0 Å². The Bertz CT molecular complexity index is 749. The molecule has 0 bridgehead atoms. The molecule has 2 heterocycles. The normalized spacial score (nSPS) is 15.8. The largest absolute Gasteiger partial charge is 0.438 e. The van der Waals surface area contributed by atoms with Gasteiger partial charge in [0.15, 0.2) is 6.39 Å². The molecule has 0 aromatic carbocycles. The molecule has 1 fully saturated rings. The number of rotatable bonds is 5. The van der Waals surface area contributed by atoms with Gasteiger partial charge in [-0.15, -0.1) is 0 Å². The zero-order valence-corrected chi connectivity index (χ0v) is 15.3. The van der Waals surface area contributed by atoms with E-state index in [0.717, 1.165) is 19.3 Å². The van der Waals surface area contributed by atoms with Crippen LogP contribution in [-0.2, 0) is 4.79 Å². The number of amides is 2. The number of nitrogens with zero attached hydrogens (tertiary/aromatic N) is 3. The van der Waals surface area contributed by atoms with Crippen molar-refractivity contribution in [2.45, 2.75) is 57.7 Å². The van der Waals surface area contributed by atoms with Crippen molar-refractivity contribution < 1.29 is 14.0 Å². The molecule has 2 aromatic heterocycles. The van der Waals surface area contributed by atoms with E-state index in [0.29, 0.717) is 5.56 Å². The summed E-state index contributed by atoms with van der Waals surface area (Å²) < 4.78 is 5.20. The third kappa shape index (κ3) is 3.76. The Kier molecular flexibility index (Phi) is 5.06. The van der Waals surface area contributed by atoms with Crippen molar-refractivity contribution in [3.63, 3.8) is 0 Å². The van der Waals surface area contributed by atoms with E-state index in [9.17, 15) is 9.59 Å². The fourth-order valence-electron chi connectivity index (χ4n) is 3.05. The molecular weight excluding hydrogens is 332 g/mol. The summed E-state index contributed by atoms with van der Waals surface area (Å²) in [7, 11) is 0. The third-order valence-electron chi connectivity index (χ3n) is 4.56. The first-order valence-electron chi connectivity index (χ1n) is 8.80. The Morgan fingerprint density at radius 3 is 2.42 bits per heavy atom. The van der Waals surface area contributed by atoms with Crippen molar-refractivity contribution in [3.8, 4) is 0 Å². The van der Waals surface area contributed by atoms with Gasteiger partial charge in [-0.3, -0.25) is 14.6 Å². The zero-order valence-electron chi connectivity index (χ0n) is 15.3. The van der Waals surface area contributed by atoms with Crippen molar-refractivity contribution in [3.05, 3.63) is 48.4 Å². The SMILES string of the molecule is CC(C)(C)N(C(=O)c1cnco1)C(C(=O)NC1CCC1)c1ccncc1. The summed E-state index contributed by atoms with van der Waals surface area (Å²) in [4.78, 5) is 35.7. The lowest BCUT2D eigenvalue weighted by atomic mass is 9.91. The zero-order chi connectivity index (χ0) is 18.7. The van der Waals surface area contributed by atoms with Gasteiger partial charge >= 0.3 is 0 Å². The van der Waals surface area contributed by atoms with Crippen LogP contribution in [0.25, 0.3) is 0 Å². The lowest BCUT2D eigenvalue weighted by Crippen LogP contribution is -2.54. The van der Waals surface area contributed by atoms with Gasteiger partial charge < -0.3 is 14.6 Å². The highest BCUT2D eigenvalue weighted by molar-refractivity contribution is 5.96. The number of nitrogens with one attached hydrogen (secondary N) is 1. The highest BCUT2D eigenvalue weighted by Crippen LogP contribution is 2.31. The topological polar surface area (TPSA) is 88.3 Å². The number of carbonyl (C=O) groups is 2. The minimum absolute atomic E-state index is 0.107. The van der Waals surface area contributed by atoms with Crippen molar-refractivity contribution in [2.24, 2.45) is 0 Å². The van der Waals surface area contributed by atoms with Crippen molar-refractivity contribution in [1.29, 1.82) is 0 Å². The number of aromatic nitrogens is 2. The van der Waals surface area contributed by atoms with Gasteiger partial charge in [-0.1, -0.05) is 0 Å². The molecule has 1 unspecified atom stereocenters. The third-order valence-corrected chi connectivity index (χ3v) is 4.56. The molecule has 138 valence electrons. The Labute approximate surface area is 152 Å². The second-order valence-electron chi connectivity index (χ2n) is 7.53. The number of carbonyl (C=O) groups excluding carboxylic acids is 2. The van der Waals surface area contributed by atoms with Crippen LogP contribution in [0.5, 0.6) is 0 Å². The van der Waals surface area contributed by atoms with Gasteiger partial charge in [0.05, 0.1) is 6.20 Å². The van der Waals surface area contributed by atoms with E-state index in [-0.39, 0.29) is 23.6 Å². The summed E-state index contributed by atoms with van der Waals surface area (Å²) >= 11 is 0. The van der Waals surface area contributed by atoms with Crippen LogP contribution in [0.15, 0.2) is 41.5 Å². The average Bonchev–Trinajstić information content (AvgIpc) is 3.09. The predicted molar refractivity (Wildman–Crippen MR) is 95.2 cm³/mol. The van der Waals surface area contributed by atoms with Gasteiger partial charge in [-0.2, -0.15) is 0 Å². The molecule has 2 aromatic rings. The van der Waals surface area contributed by atoms with Crippen LogP contribution < -0.4 is 5.32 Å². The first-order valence-corrected chi connectivity index (χ1v) is 8.80. The second-order valence-corrected chi connectivity index (χ2v) is 7.53. The van der Waals surface area contributed by atoms with Crippen LogP contribution in [-0.4, -0.2) is 38.3 Å². The molecule has 3 rings (SSSR count). The fourth-order valence-corrected chi connectivity index (χ4v) is 3.05. The smallest absolute Gasteiger partial charge is 0.292 e. The molecule has 2 amide bonds. The quantitative estimate of drug-likeness (QED) is 0.890. The number of oxazole rings is 1. The van der Waals surface area contributed by atoms with Gasteiger partial charge in [0.1, 0.15) is 6.04 Å². The second kappa shape index (κ2) is 7.27. The summed E-state index contributed by atoms with van der Waals surface area (Å²) in [5, 5.41) is 3.07. The number of hydrogen-bond acceptors (Lipinski definition) is 5. The van der Waals surface area contributed by atoms with Gasteiger partial charge in [-0.05, 0) is 57.7 Å². The lowest BCUT2D eigenvalue weighted by Gasteiger charge is -2.41. The van der Waals surface area contributed by atoms with Crippen LogP contribution in [0.1, 0.15) is 62.2 Å². The first kappa shape index (κ1) is 18.1. The maximum atomic E-state index is 13.1. The fraction of sp³-hybridized carbons (Fsp3) is 0.474. The molecule has 1 aliphatic carbocycles. The molecule has 1 aliphatic rings. The highest BCUT2D eigenvalue weighted by atomic mass is 16.3. The van der Waals surface area contributed by atoms with E-state index < -0.39 is 11.6 Å². The minimum atomic E-state index is -0.781. The summed E-state index contributed by atoms with van der Waals surface area (Å²) in [5.41, 5.74) is 0.0917. The van der Waals surface area contributed by atoms with E-state index >= 15 is 0 Å². The van der Waals surface area contributed by atoms with Crippen molar-refractivity contribution in [1.82, 2.24) is 20.2 Å². The Morgan fingerprint density at radius 1 is 1.23 bits per heavy atom. The van der Waals surface area contributed by atoms with Crippen LogP contribution >= 0.6 is 0 Å². The van der Waals surface area contributed by atoms with Gasteiger partial charge in [-0.25, -0.2) is 4.98 Å². The van der Waals surface area contributed by atoms with E-state index in [4.69, 9.17) is 4.42 Å². The Hall–Kier alpha value is -2.70. The molecule has 7 heteroatoms. The summed E-state index contributed by atoms with van der Waals surface area (Å²) in [5.74, 6) is -0.459. The van der Waals surface area contributed by atoms with Crippen molar-refractivity contribution in [2.75, 3.05) is 0 Å². The number of pyridine rings is 1. The average molecular weight is 356 g/mol. The predicted octanol–water partition coefficient (Wildman–Crippen LogP) is 2.72. The van der Waals surface area contributed by atoms with Gasteiger partial charge in [0.25, 0.3) is 5.91 Å². The number of hydrogen-bond donors (Lipinski definition) is 1. The molecule has 26 heavy (non-hydrogen) atoms. The molecule has 0 spiro atoms. The lowest BCUT2D eigenvalue weighted by molar-refractivity contribution is -0.128. The van der Waals surface area contributed by atoms with Gasteiger partial charge in [0.2, 0.25) is 11.7 Å². The maximum absolute atomic E-state index is 13.1. The minimum Gasteiger partial charge on any atom is -0.438 e. The molecule has 1 atom stereocenters. The Balaban J connectivity index is 2.00. The molecule has 0 radical (unpaired) electrons. The van der Waals surface area contributed by atoms with Crippen LogP contribution in [0.2, 0.25) is 0 Å². The first-order chi connectivity index (χ1) is 12.4. The van der Waals surface area contributed by atoms with E-state index in [1.807, 2.05) is 20.8 Å². The summed E-state index contributed by atoms with van der Waals surface area (Å²) in [6, 6.07) is 2.92. The molecule has 7 nitrogen and oxygen atoms in total. The van der Waals surface area contributed by atoms with E-state index in [2.05, 4.69) is 15.3 Å². The van der Waals surface area contributed by atoms with Gasteiger partial charge in [0, 0.05) is 24.0 Å². The summed E-state index contributed by atoms with van der Waals surface area (Å²) in [6.45, 7) is 5.68. The van der Waals surface area contributed by atoms with Crippen molar-refractivity contribution >= 4 is 11.8 Å². The van der Waals surface area contributed by atoms with E-state index in [1.165, 1.54) is 12.6 Å². The van der Waals surface area contributed by atoms with Crippen LogP contribution in [0, 0.1) is 0 Å². The standard InChI is InChI=1S/C19H24N4O3/c1-19(2,3)23(18(25)15-11-21-12-26-15)16(13-7-9-20-10-8-13)17(24)22-14-5-4-6-14/h7-12,14,16H,4-6H2,1-3H3,(H,22,24).